The molecule has 2 heterocycles. The van der Waals surface area contributed by atoms with E-state index in [4.69, 9.17) is 0 Å². The van der Waals surface area contributed by atoms with Crippen molar-refractivity contribution in [3.05, 3.63) is 0 Å². The van der Waals surface area contributed by atoms with Gasteiger partial charge in [0.25, 0.3) is 0 Å². The van der Waals surface area contributed by atoms with Crippen LogP contribution >= 0.6 is 0 Å². The molecule has 2 atom stereocenters. The van der Waals surface area contributed by atoms with E-state index in [0.29, 0.717) is 5.41 Å². The number of piperidine rings is 1. The van der Waals surface area contributed by atoms with Crippen LogP contribution in [0.15, 0.2) is 0 Å². The van der Waals surface area contributed by atoms with E-state index in [2.05, 4.69) is 4.90 Å². The first kappa shape index (κ1) is 12.5. The molecule has 6 bridgehead atoms. The lowest BCUT2D eigenvalue weighted by molar-refractivity contribution is -0.0862. The Kier molecular flexibility index (Phi) is 2.63. The van der Waals surface area contributed by atoms with Crippen LogP contribution in [0.5, 0.6) is 0 Å². The summed E-state index contributed by atoms with van der Waals surface area (Å²) in [6.07, 6.45) is 14.1. The Morgan fingerprint density at radius 3 is 1.80 bits per heavy atom. The Morgan fingerprint density at radius 2 is 1.30 bits per heavy atom. The molecule has 6 rings (SSSR count). The first-order valence-electron chi connectivity index (χ1n) is 9.13. The quantitative estimate of drug-likeness (QED) is 0.836. The van der Waals surface area contributed by atoms with Crippen molar-refractivity contribution >= 4 is 0 Å². The van der Waals surface area contributed by atoms with Gasteiger partial charge in [-0.15, -0.1) is 0 Å². The normalized spacial score (nSPS) is 57.5. The Bertz CT molecular complexity index is 357. The lowest BCUT2D eigenvalue weighted by atomic mass is 9.49. The minimum absolute atomic E-state index is 0.000105. The van der Waals surface area contributed by atoms with Crippen molar-refractivity contribution in [1.82, 2.24) is 4.90 Å². The molecule has 0 aromatic heterocycles. The van der Waals surface area contributed by atoms with E-state index in [-0.39, 0.29) is 6.10 Å². The molecule has 2 aliphatic heterocycles. The third-order valence-electron chi connectivity index (χ3n) is 7.54. The summed E-state index contributed by atoms with van der Waals surface area (Å²) in [5.74, 6) is 3.23. The van der Waals surface area contributed by atoms with Gasteiger partial charge in [-0.3, -0.25) is 4.90 Å². The number of nitrogens with zero attached hydrogens (tertiary/aromatic N) is 1. The van der Waals surface area contributed by atoms with Crippen molar-refractivity contribution in [1.29, 1.82) is 0 Å². The van der Waals surface area contributed by atoms with Crippen LogP contribution in [-0.2, 0) is 0 Å². The van der Waals surface area contributed by atoms with Gasteiger partial charge in [0.05, 0.1) is 6.10 Å². The highest BCUT2D eigenvalue weighted by Crippen LogP contribution is 2.60. The first-order chi connectivity index (χ1) is 9.69. The Hall–Kier alpha value is -0.0800. The van der Waals surface area contributed by atoms with E-state index in [1.165, 1.54) is 19.4 Å². The maximum atomic E-state index is 10.0. The van der Waals surface area contributed by atoms with E-state index in [9.17, 15) is 5.11 Å². The molecule has 0 amide bonds. The van der Waals surface area contributed by atoms with Crippen molar-refractivity contribution in [2.75, 3.05) is 6.54 Å². The minimum atomic E-state index is 0.000105. The summed E-state index contributed by atoms with van der Waals surface area (Å²) in [6, 6.07) is 1.44. The van der Waals surface area contributed by atoms with Crippen LogP contribution in [0.4, 0.5) is 0 Å². The lowest BCUT2D eigenvalue weighted by Crippen LogP contribution is -2.55. The summed E-state index contributed by atoms with van der Waals surface area (Å²) in [5.41, 5.74) is 0.692. The summed E-state index contributed by atoms with van der Waals surface area (Å²) in [5, 5.41) is 10.0. The fourth-order valence-electron chi connectivity index (χ4n) is 7.37. The van der Waals surface area contributed by atoms with Crippen molar-refractivity contribution in [2.45, 2.75) is 82.4 Å². The molecule has 0 spiro atoms. The average Bonchev–Trinajstić information content (AvgIpc) is 2.61. The van der Waals surface area contributed by atoms with Gasteiger partial charge >= 0.3 is 0 Å². The molecule has 6 aliphatic rings. The van der Waals surface area contributed by atoms with Crippen LogP contribution < -0.4 is 0 Å². The van der Waals surface area contributed by atoms with Gasteiger partial charge in [-0.2, -0.15) is 0 Å². The van der Waals surface area contributed by atoms with E-state index in [1.54, 1.807) is 38.5 Å². The molecule has 20 heavy (non-hydrogen) atoms. The molecule has 2 saturated heterocycles. The molecule has 1 N–H and O–H groups in total. The second-order valence-corrected chi connectivity index (χ2v) is 9.10. The number of aliphatic hydroxyl groups is 1. The van der Waals surface area contributed by atoms with E-state index >= 15 is 0 Å². The lowest BCUT2D eigenvalue weighted by Gasteiger charge is -2.58. The van der Waals surface area contributed by atoms with Gasteiger partial charge < -0.3 is 5.11 Å². The number of rotatable bonds is 2. The number of hydrogen-bond donors (Lipinski definition) is 1. The van der Waals surface area contributed by atoms with E-state index in [1.807, 2.05) is 0 Å². The standard InChI is InChI=1S/C18H29NO/c20-17-6-15-1-2-16(7-17)19(15)11-18-8-12-3-13(9-18)5-14(4-12)10-18/h12-17,20H,1-11H2. The fraction of sp³-hybridized carbons (Fsp3) is 1.00. The molecule has 112 valence electrons. The van der Waals surface area contributed by atoms with Gasteiger partial charge in [0.2, 0.25) is 0 Å². The minimum Gasteiger partial charge on any atom is -0.393 e. The molecule has 4 aliphatic carbocycles. The van der Waals surface area contributed by atoms with Gasteiger partial charge in [0.1, 0.15) is 0 Å². The van der Waals surface area contributed by atoms with Gasteiger partial charge in [-0.05, 0) is 87.4 Å². The zero-order valence-electron chi connectivity index (χ0n) is 12.6. The topological polar surface area (TPSA) is 23.5 Å². The highest BCUT2D eigenvalue weighted by molar-refractivity contribution is 5.05. The van der Waals surface area contributed by atoms with Crippen molar-refractivity contribution in [2.24, 2.45) is 23.2 Å². The summed E-state index contributed by atoms with van der Waals surface area (Å²) in [4.78, 5) is 2.86. The van der Waals surface area contributed by atoms with Gasteiger partial charge in [0.15, 0.2) is 0 Å². The second kappa shape index (κ2) is 4.23. The van der Waals surface area contributed by atoms with Gasteiger partial charge in [-0.25, -0.2) is 0 Å². The highest BCUT2D eigenvalue weighted by Gasteiger charge is 2.53. The van der Waals surface area contributed by atoms with Crippen LogP contribution in [0.1, 0.15) is 64.2 Å². The van der Waals surface area contributed by atoms with E-state index in [0.717, 1.165) is 42.7 Å². The van der Waals surface area contributed by atoms with Gasteiger partial charge in [0, 0.05) is 18.6 Å². The number of hydrogen-bond acceptors (Lipinski definition) is 2. The monoisotopic (exact) mass is 275 g/mol. The maximum Gasteiger partial charge on any atom is 0.0570 e. The molecular formula is C18H29NO. The molecule has 6 fully saturated rings. The van der Waals surface area contributed by atoms with Crippen molar-refractivity contribution in [3.8, 4) is 0 Å². The van der Waals surface area contributed by atoms with Crippen LogP contribution in [0.25, 0.3) is 0 Å². The molecule has 2 heteroatoms. The Morgan fingerprint density at radius 1 is 0.800 bits per heavy atom. The zero-order valence-corrected chi connectivity index (χ0v) is 12.6. The second-order valence-electron chi connectivity index (χ2n) is 9.10. The van der Waals surface area contributed by atoms with Gasteiger partial charge in [-0.1, -0.05) is 0 Å². The molecular weight excluding hydrogens is 246 g/mol. The molecule has 2 nitrogen and oxygen atoms in total. The first-order valence-corrected chi connectivity index (χ1v) is 9.13. The molecule has 0 aromatic rings. The third kappa shape index (κ3) is 1.83. The Balaban J connectivity index is 1.37. The molecule has 4 saturated carbocycles. The van der Waals surface area contributed by atoms with Crippen molar-refractivity contribution < 1.29 is 5.11 Å². The molecule has 2 unspecified atom stereocenters. The number of aliphatic hydroxyl groups excluding tert-OH is 1. The molecule has 0 aromatic carbocycles. The summed E-state index contributed by atoms with van der Waals surface area (Å²) in [7, 11) is 0. The zero-order chi connectivity index (χ0) is 13.3. The van der Waals surface area contributed by atoms with Crippen LogP contribution in [0.2, 0.25) is 0 Å². The Labute approximate surface area is 122 Å². The van der Waals surface area contributed by atoms with E-state index < -0.39 is 0 Å². The largest absolute Gasteiger partial charge is 0.393 e. The SMILES string of the molecule is OC1CC2CCC(C1)N2CC12CC3CC(CC(C3)C1)C2. The van der Waals surface area contributed by atoms with Crippen molar-refractivity contribution in [3.63, 3.8) is 0 Å². The summed E-state index contributed by atoms with van der Waals surface area (Å²) in [6.45, 7) is 1.39. The number of fused-ring (bicyclic) bond motifs is 2. The maximum absolute atomic E-state index is 10.0. The molecule has 0 radical (unpaired) electrons. The average molecular weight is 275 g/mol. The smallest absolute Gasteiger partial charge is 0.0570 e. The predicted octanol–water partition coefficient (Wildman–Crippen LogP) is 3.19. The summed E-state index contributed by atoms with van der Waals surface area (Å²) < 4.78 is 0. The van der Waals surface area contributed by atoms with Crippen LogP contribution in [0.3, 0.4) is 0 Å². The highest BCUT2D eigenvalue weighted by atomic mass is 16.3. The van der Waals surface area contributed by atoms with Crippen LogP contribution in [0, 0.1) is 23.2 Å². The van der Waals surface area contributed by atoms with Crippen LogP contribution in [-0.4, -0.2) is 34.7 Å². The fourth-order valence-corrected chi connectivity index (χ4v) is 7.37. The summed E-state index contributed by atoms with van der Waals surface area (Å²) >= 11 is 0. The third-order valence-corrected chi connectivity index (χ3v) is 7.54. The predicted molar refractivity (Wildman–Crippen MR) is 79.4 cm³/mol.